The lowest BCUT2D eigenvalue weighted by Gasteiger charge is -2.21. The van der Waals surface area contributed by atoms with E-state index in [-0.39, 0.29) is 18.8 Å². The van der Waals surface area contributed by atoms with Gasteiger partial charge in [-0.1, -0.05) is 0 Å². The lowest BCUT2D eigenvalue weighted by Crippen LogP contribution is -2.25. The number of hydrogen-bond acceptors (Lipinski definition) is 5. The van der Waals surface area contributed by atoms with Crippen molar-refractivity contribution < 1.29 is 24.1 Å². The molecule has 3 rings (SSSR count). The second-order valence-electron chi connectivity index (χ2n) is 5.16. The third kappa shape index (κ3) is 3.05. The minimum Gasteiger partial charge on any atom is -0.486 e. The van der Waals surface area contributed by atoms with Crippen molar-refractivity contribution in [1.82, 2.24) is 0 Å². The number of cyclic esters (lactones) is 1. The van der Waals surface area contributed by atoms with Gasteiger partial charge in [-0.25, -0.2) is 4.79 Å². The molecule has 2 heterocycles. The highest BCUT2D eigenvalue weighted by atomic mass is 16.6. The highest BCUT2D eigenvalue weighted by molar-refractivity contribution is 5.90. The van der Waals surface area contributed by atoms with Crippen LogP contribution in [0, 0.1) is 0 Å². The first kappa shape index (κ1) is 14.0. The van der Waals surface area contributed by atoms with Crippen molar-refractivity contribution in [3.63, 3.8) is 0 Å². The molecule has 6 nitrogen and oxygen atoms in total. The van der Waals surface area contributed by atoms with Crippen LogP contribution in [-0.4, -0.2) is 43.7 Å². The number of carbonyl (C=O) groups is 1. The van der Waals surface area contributed by atoms with Crippen LogP contribution in [0.2, 0.25) is 0 Å². The van der Waals surface area contributed by atoms with Gasteiger partial charge in [-0.2, -0.15) is 0 Å². The van der Waals surface area contributed by atoms with Gasteiger partial charge in [0, 0.05) is 12.7 Å². The smallest absolute Gasteiger partial charge is 0.414 e. The zero-order chi connectivity index (χ0) is 14.7. The Hall–Kier alpha value is -1.95. The molecule has 1 amide bonds. The summed E-state index contributed by atoms with van der Waals surface area (Å²) in [6, 6.07) is 5.47. The molecule has 0 saturated carbocycles. The molecule has 0 spiro atoms. The number of nitrogens with zero attached hydrogens (tertiary/aromatic N) is 1. The summed E-state index contributed by atoms with van der Waals surface area (Å²) in [7, 11) is 0. The maximum Gasteiger partial charge on any atom is 0.414 e. The number of aliphatic hydroxyl groups excluding tert-OH is 1. The second-order valence-corrected chi connectivity index (χ2v) is 5.16. The Morgan fingerprint density at radius 3 is 2.81 bits per heavy atom. The summed E-state index contributed by atoms with van der Waals surface area (Å²) in [5.41, 5.74) is 0.758. The number of amides is 1. The predicted octanol–water partition coefficient (Wildman–Crippen LogP) is 1.95. The van der Waals surface area contributed by atoms with E-state index in [4.69, 9.17) is 19.3 Å². The van der Waals surface area contributed by atoms with Crippen LogP contribution in [0.25, 0.3) is 0 Å². The molecule has 1 saturated heterocycles. The van der Waals surface area contributed by atoms with Crippen LogP contribution < -0.4 is 14.4 Å². The highest BCUT2D eigenvalue weighted by Gasteiger charge is 2.32. The first-order valence-electron chi connectivity index (χ1n) is 7.26. The number of ether oxygens (including phenoxy) is 3. The van der Waals surface area contributed by atoms with E-state index in [2.05, 4.69) is 0 Å². The van der Waals surface area contributed by atoms with Gasteiger partial charge in [0.15, 0.2) is 11.5 Å². The minimum absolute atomic E-state index is 0.114. The summed E-state index contributed by atoms with van der Waals surface area (Å²) in [5, 5.41) is 8.79. The summed E-state index contributed by atoms with van der Waals surface area (Å²) < 4.78 is 16.4. The van der Waals surface area contributed by atoms with Crippen LogP contribution in [0.15, 0.2) is 18.2 Å². The first-order valence-corrected chi connectivity index (χ1v) is 7.26. The van der Waals surface area contributed by atoms with Crippen molar-refractivity contribution in [2.24, 2.45) is 0 Å². The summed E-state index contributed by atoms with van der Waals surface area (Å²) in [6.45, 7) is 1.77. The number of carbonyl (C=O) groups excluding carboxylic acids is 1. The van der Waals surface area contributed by atoms with Gasteiger partial charge in [-0.05, 0) is 31.4 Å². The van der Waals surface area contributed by atoms with Gasteiger partial charge in [-0.15, -0.1) is 0 Å². The fourth-order valence-electron chi connectivity index (χ4n) is 2.57. The Labute approximate surface area is 123 Å². The standard InChI is InChI=1S/C15H19NO5/c17-6-2-1-3-12-10-16(15(18)21-12)11-4-5-13-14(9-11)20-8-7-19-13/h4-5,9,12,17H,1-3,6-8,10H2. The van der Waals surface area contributed by atoms with Gasteiger partial charge in [0.2, 0.25) is 0 Å². The summed E-state index contributed by atoms with van der Waals surface area (Å²) in [5.74, 6) is 1.37. The molecule has 1 N–H and O–H groups in total. The van der Waals surface area contributed by atoms with E-state index < -0.39 is 0 Å². The average molecular weight is 293 g/mol. The maximum atomic E-state index is 12.0. The number of rotatable bonds is 5. The van der Waals surface area contributed by atoms with Crippen LogP contribution in [0.3, 0.4) is 0 Å². The van der Waals surface area contributed by atoms with Crippen molar-refractivity contribution >= 4 is 11.8 Å². The molecule has 6 heteroatoms. The van der Waals surface area contributed by atoms with E-state index >= 15 is 0 Å². The Morgan fingerprint density at radius 1 is 1.19 bits per heavy atom. The van der Waals surface area contributed by atoms with Gasteiger partial charge in [0.25, 0.3) is 0 Å². The fraction of sp³-hybridized carbons (Fsp3) is 0.533. The van der Waals surface area contributed by atoms with E-state index in [0.717, 1.165) is 24.9 Å². The minimum atomic E-state index is -0.333. The average Bonchev–Trinajstić information content (AvgIpc) is 2.88. The van der Waals surface area contributed by atoms with Crippen LogP contribution in [0.5, 0.6) is 11.5 Å². The van der Waals surface area contributed by atoms with Crippen LogP contribution >= 0.6 is 0 Å². The molecule has 0 aromatic heterocycles. The van der Waals surface area contributed by atoms with E-state index in [9.17, 15) is 4.79 Å². The highest BCUT2D eigenvalue weighted by Crippen LogP contribution is 2.35. The van der Waals surface area contributed by atoms with Crippen molar-refractivity contribution in [3.05, 3.63) is 18.2 Å². The van der Waals surface area contributed by atoms with Crippen molar-refractivity contribution in [2.45, 2.75) is 25.4 Å². The van der Waals surface area contributed by atoms with Crippen molar-refractivity contribution in [1.29, 1.82) is 0 Å². The zero-order valence-electron chi connectivity index (χ0n) is 11.8. The largest absolute Gasteiger partial charge is 0.486 e. The quantitative estimate of drug-likeness (QED) is 0.840. The third-order valence-corrected chi connectivity index (χ3v) is 3.65. The van der Waals surface area contributed by atoms with Gasteiger partial charge in [0.05, 0.1) is 12.2 Å². The Morgan fingerprint density at radius 2 is 2.00 bits per heavy atom. The van der Waals surface area contributed by atoms with Gasteiger partial charge in [0.1, 0.15) is 19.3 Å². The Balaban J connectivity index is 1.67. The summed E-state index contributed by atoms with van der Waals surface area (Å²) in [6.07, 6.45) is 1.91. The molecule has 1 atom stereocenters. The van der Waals surface area contributed by atoms with Crippen molar-refractivity contribution in [2.75, 3.05) is 31.3 Å². The van der Waals surface area contributed by atoms with E-state index in [1.807, 2.05) is 18.2 Å². The van der Waals surface area contributed by atoms with Crippen LogP contribution in [0.1, 0.15) is 19.3 Å². The molecule has 2 aliphatic rings. The number of aliphatic hydroxyl groups is 1. The molecule has 114 valence electrons. The van der Waals surface area contributed by atoms with Crippen molar-refractivity contribution in [3.8, 4) is 11.5 Å². The topological polar surface area (TPSA) is 68.2 Å². The molecule has 0 bridgehead atoms. The molecule has 1 fully saturated rings. The third-order valence-electron chi connectivity index (χ3n) is 3.65. The molecule has 0 radical (unpaired) electrons. The second kappa shape index (κ2) is 6.22. The van der Waals surface area contributed by atoms with E-state index in [1.54, 1.807) is 4.90 Å². The maximum absolute atomic E-state index is 12.0. The molecule has 1 aromatic carbocycles. The van der Waals surface area contributed by atoms with Crippen LogP contribution in [-0.2, 0) is 4.74 Å². The van der Waals surface area contributed by atoms with E-state index in [0.29, 0.717) is 31.3 Å². The zero-order valence-corrected chi connectivity index (χ0v) is 11.8. The number of fused-ring (bicyclic) bond motifs is 1. The van der Waals surface area contributed by atoms with Crippen LogP contribution in [0.4, 0.5) is 10.5 Å². The lowest BCUT2D eigenvalue weighted by atomic mass is 10.1. The molecular weight excluding hydrogens is 274 g/mol. The number of anilines is 1. The SMILES string of the molecule is O=C1OC(CCCCO)CN1c1ccc2c(c1)OCCO2. The Bertz CT molecular complexity index is 519. The molecule has 0 aliphatic carbocycles. The monoisotopic (exact) mass is 293 g/mol. The number of benzene rings is 1. The molecule has 2 aliphatic heterocycles. The van der Waals surface area contributed by atoms with Gasteiger partial charge in [-0.3, -0.25) is 4.90 Å². The summed E-state index contributed by atoms with van der Waals surface area (Å²) in [4.78, 5) is 13.6. The normalized spacial score (nSPS) is 20.5. The lowest BCUT2D eigenvalue weighted by molar-refractivity contribution is 0.133. The molecule has 21 heavy (non-hydrogen) atoms. The molecule has 1 unspecified atom stereocenters. The van der Waals surface area contributed by atoms with Gasteiger partial charge < -0.3 is 19.3 Å². The predicted molar refractivity (Wildman–Crippen MR) is 76.0 cm³/mol. The number of unbranched alkanes of at least 4 members (excludes halogenated alkanes) is 1. The van der Waals surface area contributed by atoms with Gasteiger partial charge >= 0.3 is 6.09 Å². The number of hydrogen-bond donors (Lipinski definition) is 1. The fourth-order valence-corrected chi connectivity index (χ4v) is 2.57. The summed E-state index contributed by atoms with van der Waals surface area (Å²) >= 11 is 0. The Kier molecular flexibility index (Phi) is 4.15. The molecule has 1 aromatic rings. The molecular formula is C15H19NO5. The van der Waals surface area contributed by atoms with E-state index in [1.165, 1.54) is 0 Å². The first-order chi connectivity index (χ1) is 10.3.